The van der Waals surface area contributed by atoms with E-state index < -0.39 is 0 Å². The van der Waals surface area contributed by atoms with E-state index in [1.807, 2.05) is 35.2 Å². The normalized spacial score (nSPS) is 13.8. The van der Waals surface area contributed by atoms with Gasteiger partial charge in [-0.15, -0.1) is 0 Å². The van der Waals surface area contributed by atoms with Gasteiger partial charge in [0.1, 0.15) is 5.75 Å². The molecule has 0 saturated carbocycles. The first kappa shape index (κ1) is 25.2. The topological polar surface area (TPSA) is 61.9 Å². The Hall–Kier alpha value is -4.42. The Kier molecular flexibility index (Phi) is 7.81. The van der Waals surface area contributed by atoms with E-state index in [2.05, 4.69) is 58.7 Å². The van der Waals surface area contributed by atoms with Crippen LogP contribution in [-0.4, -0.2) is 54.9 Å². The van der Waals surface area contributed by atoms with Crippen molar-refractivity contribution in [1.29, 1.82) is 0 Å². The van der Waals surface area contributed by atoms with Gasteiger partial charge < -0.3 is 15.0 Å². The molecule has 6 nitrogen and oxygen atoms in total. The fourth-order valence-corrected chi connectivity index (χ4v) is 5.04. The van der Waals surface area contributed by atoms with Crippen LogP contribution >= 0.6 is 0 Å². The molecule has 6 heteroatoms. The van der Waals surface area contributed by atoms with Crippen LogP contribution in [0.3, 0.4) is 0 Å². The molecule has 1 saturated heterocycles. The van der Waals surface area contributed by atoms with E-state index in [0.717, 1.165) is 13.1 Å². The Balaban J connectivity index is 1.31. The first-order chi connectivity index (χ1) is 18.7. The predicted molar refractivity (Wildman–Crippen MR) is 150 cm³/mol. The summed E-state index contributed by atoms with van der Waals surface area (Å²) in [7, 11) is 1.53. The van der Waals surface area contributed by atoms with Crippen molar-refractivity contribution in [2.24, 2.45) is 0 Å². The lowest BCUT2D eigenvalue weighted by Gasteiger charge is -2.40. The number of para-hydroxylation sites is 2. The standard InChI is InChI=1S/C32H31N3O3/c1-38-29-19-11-9-17-27(29)31(36)33-28-18-10-8-16-26(28)32(37)35-22-20-34(21-23-35)30(24-12-4-2-5-13-24)25-14-6-3-7-15-25/h2-19,30H,20-23H2,1H3,(H,33,36). The first-order valence-corrected chi connectivity index (χ1v) is 12.8. The molecule has 0 spiro atoms. The van der Waals surface area contributed by atoms with E-state index in [-0.39, 0.29) is 17.9 Å². The maximum absolute atomic E-state index is 13.6. The van der Waals surface area contributed by atoms with E-state index in [1.54, 1.807) is 30.3 Å². The van der Waals surface area contributed by atoms with E-state index in [9.17, 15) is 9.59 Å². The fourth-order valence-electron chi connectivity index (χ4n) is 5.04. The molecule has 0 radical (unpaired) electrons. The molecule has 1 aliphatic rings. The lowest BCUT2D eigenvalue weighted by molar-refractivity contribution is 0.0598. The maximum atomic E-state index is 13.6. The van der Waals surface area contributed by atoms with Crippen molar-refractivity contribution < 1.29 is 14.3 Å². The molecule has 1 fully saturated rings. The van der Waals surface area contributed by atoms with Gasteiger partial charge in [0.25, 0.3) is 11.8 Å². The molecule has 0 aromatic heterocycles. The lowest BCUT2D eigenvalue weighted by atomic mass is 9.96. The summed E-state index contributed by atoms with van der Waals surface area (Å²) in [5.74, 6) is 0.0777. The monoisotopic (exact) mass is 505 g/mol. The molecular formula is C32H31N3O3. The molecule has 4 aromatic rings. The van der Waals surface area contributed by atoms with Gasteiger partial charge in [-0.05, 0) is 35.4 Å². The summed E-state index contributed by atoms with van der Waals surface area (Å²) >= 11 is 0. The third kappa shape index (κ3) is 5.45. The highest BCUT2D eigenvalue weighted by Crippen LogP contribution is 2.30. The first-order valence-electron chi connectivity index (χ1n) is 12.8. The quantitative estimate of drug-likeness (QED) is 0.361. The van der Waals surface area contributed by atoms with Gasteiger partial charge in [0.05, 0.1) is 30.0 Å². The average Bonchev–Trinajstić information content (AvgIpc) is 2.98. The van der Waals surface area contributed by atoms with Crippen LogP contribution in [0.1, 0.15) is 37.9 Å². The average molecular weight is 506 g/mol. The highest BCUT2D eigenvalue weighted by molar-refractivity contribution is 6.10. The van der Waals surface area contributed by atoms with Gasteiger partial charge in [-0.2, -0.15) is 0 Å². The second kappa shape index (κ2) is 11.8. The molecule has 5 rings (SSSR count). The molecule has 0 atom stereocenters. The van der Waals surface area contributed by atoms with Gasteiger partial charge in [0.2, 0.25) is 0 Å². The van der Waals surface area contributed by atoms with Crippen LogP contribution in [0.15, 0.2) is 109 Å². The summed E-state index contributed by atoms with van der Waals surface area (Å²) in [4.78, 5) is 30.9. The van der Waals surface area contributed by atoms with Gasteiger partial charge in [-0.25, -0.2) is 0 Å². The number of hydrogen-bond acceptors (Lipinski definition) is 4. The van der Waals surface area contributed by atoms with E-state index >= 15 is 0 Å². The second-order valence-electron chi connectivity index (χ2n) is 9.25. The number of ether oxygens (including phenoxy) is 1. The van der Waals surface area contributed by atoms with Crippen molar-refractivity contribution in [3.05, 3.63) is 131 Å². The zero-order valence-corrected chi connectivity index (χ0v) is 21.4. The molecule has 38 heavy (non-hydrogen) atoms. The number of nitrogens with one attached hydrogen (secondary N) is 1. The third-order valence-corrected chi connectivity index (χ3v) is 6.95. The predicted octanol–water partition coefficient (Wildman–Crippen LogP) is 5.49. The smallest absolute Gasteiger partial charge is 0.259 e. The minimum atomic E-state index is -0.318. The Morgan fingerprint density at radius 2 is 1.21 bits per heavy atom. The lowest BCUT2D eigenvalue weighted by Crippen LogP contribution is -2.50. The number of carbonyl (C=O) groups excluding carboxylic acids is 2. The molecule has 1 aliphatic heterocycles. The molecule has 192 valence electrons. The highest BCUT2D eigenvalue weighted by Gasteiger charge is 2.29. The van der Waals surface area contributed by atoms with Crippen LogP contribution in [0.2, 0.25) is 0 Å². The Bertz CT molecular complexity index is 1340. The van der Waals surface area contributed by atoms with Crippen LogP contribution in [0.5, 0.6) is 5.75 Å². The number of rotatable bonds is 7. The van der Waals surface area contributed by atoms with Gasteiger partial charge in [-0.3, -0.25) is 14.5 Å². The SMILES string of the molecule is COc1ccccc1C(=O)Nc1ccccc1C(=O)N1CCN(C(c2ccccc2)c2ccccc2)CC1. The molecule has 0 unspecified atom stereocenters. The van der Waals surface area contributed by atoms with E-state index in [0.29, 0.717) is 35.7 Å². The minimum absolute atomic E-state index is 0.0865. The van der Waals surface area contributed by atoms with Crippen LogP contribution in [0.25, 0.3) is 0 Å². The van der Waals surface area contributed by atoms with Gasteiger partial charge in [0, 0.05) is 26.2 Å². The number of amides is 2. The van der Waals surface area contributed by atoms with E-state index in [4.69, 9.17) is 4.74 Å². The van der Waals surface area contributed by atoms with Gasteiger partial charge >= 0.3 is 0 Å². The molecular weight excluding hydrogens is 474 g/mol. The summed E-state index contributed by atoms with van der Waals surface area (Å²) in [6, 6.07) is 35.3. The number of methoxy groups -OCH3 is 1. The summed E-state index contributed by atoms with van der Waals surface area (Å²) in [6.07, 6.45) is 0. The fraction of sp³-hybridized carbons (Fsp3) is 0.188. The second-order valence-corrected chi connectivity index (χ2v) is 9.25. The van der Waals surface area contributed by atoms with Crippen LogP contribution in [-0.2, 0) is 0 Å². The zero-order chi connectivity index (χ0) is 26.3. The van der Waals surface area contributed by atoms with E-state index in [1.165, 1.54) is 18.2 Å². The third-order valence-electron chi connectivity index (χ3n) is 6.95. The van der Waals surface area contributed by atoms with Crippen molar-refractivity contribution in [3.63, 3.8) is 0 Å². The Morgan fingerprint density at radius 3 is 1.82 bits per heavy atom. The number of nitrogens with zero attached hydrogens (tertiary/aromatic N) is 2. The molecule has 0 bridgehead atoms. The van der Waals surface area contributed by atoms with Gasteiger partial charge in [0.15, 0.2) is 0 Å². The summed E-state index contributed by atoms with van der Waals surface area (Å²) in [5, 5.41) is 2.91. The number of anilines is 1. The summed E-state index contributed by atoms with van der Waals surface area (Å²) in [6.45, 7) is 2.69. The van der Waals surface area contributed by atoms with Crippen molar-refractivity contribution in [2.45, 2.75) is 6.04 Å². The highest BCUT2D eigenvalue weighted by atomic mass is 16.5. The van der Waals surface area contributed by atoms with Crippen LogP contribution < -0.4 is 10.1 Å². The van der Waals surface area contributed by atoms with Crippen molar-refractivity contribution >= 4 is 17.5 Å². The van der Waals surface area contributed by atoms with Crippen LogP contribution in [0.4, 0.5) is 5.69 Å². The molecule has 2 amide bonds. The van der Waals surface area contributed by atoms with Crippen molar-refractivity contribution in [3.8, 4) is 5.75 Å². The van der Waals surface area contributed by atoms with Crippen molar-refractivity contribution in [1.82, 2.24) is 9.80 Å². The molecule has 4 aromatic carbocycles. The van der Waals surface area contributed by atoms with Crippen molar-refractivity contribution in [2.75, 3.05) is 38.6 Å². The number of hydrogen-bond donors (Lipinski definition) is 1. The number of benzene rings is 4. The summed E-state index contributed by atoms with van der Waals surface area (Å²) < 4.78 is 5.33. The summed E-state index contributed by atoms with van der Waals surface area (Å²) in [5.41, 5.74) is 3.86. The number of piperazine rings is 1. The molecule has 1 N–H and O–H groups in total. The largest absolute Gasteiger partial charge is 0.496 e. The Labute approximate surface area is 223 Å². The maximum Gasteiger partial charge on any atom is 0.259 e. The molecule has 1 heterocycles. The molecule has 0 aliphatic carbocycles. The zero-order valence-electron chi connectivity index (χ0n) is 21.4. The van der Waals surface area contributed by atoms with Crippen LogP contribution in [0, 0.1) is 0 Å². The minimum Gasteiger partial charge on any atom is -0.496 e. The number of carbonyl (C=O) groups is 2. The Morgan fingerprint density at radius 1 is 0.684 bits per heavy atom. The van der Waals surface area contributed by atoms with Gasteiger partial charge in [-0.1, -0.05) is 84.9 Å².